The molecular formula is C16H21N3O. The maximum atomic E-state index is 5.43. The number of aromatic nitrogens is 1. The molecule has 20 heavy (non-hydrogen) atoms. The van der Waals surface area contributed by atoms with Crippen LogP contribution in [0.2, 0.25) is 0 Å². The van der Waals surface area contributed by atoms with Gasteiger partial charge >= 0.3 is 0 Å². The molecule has 2 aromatic rings. The summed E-state index contributed by atoms with van der Waals surface area (Å²) < 4.78 is 5.43. The molecule has 106 valence electrons. The van der Waals surface area contributed by atoms with Crippen molar-refractivity contribution in [2.24, 2.45) is 0 Å². The Kier molecular flexibility index (Phi) is 3.85. The fourth-order valence-electron chi connectivity index (χ4n) is 2.56. The number of benzene rings is 1. The van der Waals surface area contributed by atoms with E-state index in [2.05, 4.69) is 59.6 Å². The maximum absolute atomic E-state index is 5.43. The predicted molar refractivity (Wildman–Crippen MR) is 77.9 cm³/mol. The molecule has 4 nitrogen and oxygen atoms in total. The van der Waals surface area contributed by atoms with E-state index in [-0.39, 0.29) is 0 Å². The van der Waals surface area contributed by atoms with Crippen LogP contribution in [0.1, 0.15) is 36.4 Å². The molecule has 2 heterocycles. The van der Waals surface area contributed by atoms with E-state index in [1.165, 1.54) is 11.1 Å². The Morgan fingerprint density at radius 2 is 1.95 bits per heavy atom. The lowest BCUT2D eigenvalue weighted by atomic mass is 10.1. The van der Waals surface area contributed by atoms with Crippen LogP contribution in [0, 0.1) is 0 Å². The second-order valence-corrected chi connectivity index (χ2v) is 5.73. The molecule has 0 saturated heterocycles. The van der Waals surface area contributed by atoms with Gasteiger partial charge in [-0.1, -0.05) is 43.3 Å². The summed E-state index contributed by atoms with van der Waals surface area (Å²) in [5, 5.41) is 7.46. The molecule has 0 spiro atoms. The average molecular weight is 271 g/mol. The van der Waals surface area contributed by atoms with E-state index in [0.29, 0.717) is 6.04 Å². The fourth-order valence-corrected chi connectivity index (χ4v) is 2.56. The highest BCUT2D eigenvalue weighted by atomic mass is 16.5. The standard InChI is InChI=1S/C16H21N3O/c1-12(2)17-8-15-7-16(20-18-15)11-19-9-13-5-3-4-6-14(13)10-19/h3-7,12,17H,8-11H2,1-2H3. The third kappa shape index (κ3) is 3.08. The molecular weight excluding hydrogens is 250 g/mol. The summed E-state index contributed by atoms with van der Waals surface area (Å²) in [7, 11) is 0. The molecule has 4 heteroatoms. The summed E-state index contributed by atoms with van der Waals surface area (Å²) in [5.74, 6) is 0.943. The van der Waals surface area contributed by atoms with Crippen LogP contribution in [0.25, 0.3) is 0 Å². The van der Waals surface area contributed by atoms with E-state index in [1.807, 2.05) is 0 Å². The van der Waals surface area contributed by atoms with Gasteiger partial charge in [0, 0.05) is 31.7 Å². The Labute approximate surface area is 119 Å². The molecule has 1 aromatic heterocycles. The highest BCUT2D eigenvalue weighted by molar-refractivity contribution is 5.30. The monoisotopic (exact) mass is 271 g/mol. The summed E-state index contributed by atoms with van der Waals surface area (Å²) >= 11 is 0. The summed E-state index contributed by atoms with van der Waals surface area (Å²) in [6.45, 7) is 7.84. The van der Waals surface area contributed by atoms with Crippen molar-refractivity contribution in [1.82, 2.24) is 15.4 Å². The van der Waals surface area contributed by atoms with Gasteiger partial charge in [-0.3, -0.25) is 4.90 Å². The molecule has 0 radical (unpaired) electrons. The highest BCUT2D eigenvalue weighted by Crippen LogP contribution is 2.23. The second kappa shape index (κ2) is 5.77. The van der Waals surface area contributed by atoms with Gasteiger partial charge in [0.15, 0.2) is 5.76 Å². The third-order valence-electron chi connectivity index (χ3n) is 3.58. The third-order valence-corrected chi connectivity index (χ3v) is 3.58. The molecule has 0 fully saturated rings. The summed E-state index contributed by atoms with van der Waals surface area (Å²) in [6, 6.07) is 11.1. The first-order chi connectivity index (χ1) is 9.70. The van der Waals surface area contributed by atoms with Crippen molar-refractivity contribution in [3.63, 3.8) is 0 Å². The van der Waals surface area contributed by atoms with Gasteiger partial charge in [0.1, 0.15) is 0 Å². The minimum atomic E-state index is 0.461. The maximum Gasteiger partial charge on any atom is 0.151 e. The van der Waals surface area contributed by atoms with Crippen molar-refractivity contribution in [2.75, 3.05) is 0 Å². The molecule has 1 N–H and O–H groups in total. The second-order valence-electron chi connectivity index (χ2n) is 5.73. The molecule has 0 aliphatic carbocycles. The highest BCUT2D eigenvalue weighted by Gasteiger charge is 2.19. The molecule has 1 aromatic carbocycles. The minimum Gasteiger partial charge on any atom is -0.360 e. The summed E-state index contributed by atoms with van der Waals surface area (Å²) in [5.41, 5.74) is 3.83. The van der Waals surface area contributed by atoms with Gasteiger partial charge in [-0.25, -0.2) is 0 Å². The van der Waals surface area contributed by atoms with Crippen LogP contribution in [0.4, 0.5) is 0 Å². The Morgan fingerprint density at radius 1 is 1.25 bits per heavy atom. The Hall–Kier alpha value is -1.65. The first-order valence-corrected chi connectivity index (χ1v) is 7.17. The van der Waals surface area contributed by atoms with Gasteiger partial charge in [0.05, 0.1) is 12.2 Å². The normalized spacial score (nSPS) is 14.9. The molecule has 0 unspecified atom stereocenters. The van der Waals surface area contributed by atoms with E-state index in [0.717, 1.165) is 37.6 Å². The van der Waals surface area contributed by atoms with E-state index in [4.69, 9.17) is 4.52 Å². The number of hydrogen-bond donors (Lipinski definition) is 1. The number of nitrogens with one attached hydrogen (secondary N) is 1. The largest absolute Gasteiger partial charge is 0.360 e. The topological polar surface area (TPSA) is 41.3 Å². The van der Waals surface area contributed by atoms with Crippen LogP contribution in [-0.2, 0) is 26.2 Å². The smallest absolute Gasteiger partial charge is 0.151 e. The number of nitrogens with zero attached hydrogens (tertiary/aromatic N) is 2. The lowest BCUT2D eigenvalue weighted by Crippen LogP contribution is -2.21. The summed E-state index contributed by atoms with van der Waals surface area (Å²) in [6.07, 6.45) is 0. The van der Waals surface area contributed by atoms with Crippen molar-refractivity contribution in [1.29, 1.82) is 0 Å². The number of rotatable bonds is 5. The minimum absolute atomic E-state index is 0.461. The van der Waals surface area contributed by atoms with Crippen molar-refractivity contribution in [3.05, 3.63) is 52.9 Å². The Bertz CT molecular complexity index is 552. The van der Waals surface area contributed by atoms with E-state index < -0.39 is 0 Å². The van der Waals surface area contributed by atoms with E-state index in [1.54, 1.807) is 0 Å². The molecule has 3 rings (SSSR count). The predicted octanol–water partition coefficient (Wildman–Crippen LogP) is 2.69. The van der Waals surface area contributed by atoms with E-state index in [9.17, 15) is 0 Å². The first-order valence-electron chi connectivity index (χ1n) is 7.17. The van der Waals surface area contributed by atoms with Crippen LogP contribution >= 0.6 is 0 Å². The lowest BCUT2D eigenvalue weighted by molar-refractivity contribution is 0.235. The molecule has 1 aliphatic rings. The van der Waals surface area contributed by atoms with Gasteiger partial charge in [-0.2, -0.15) is 0 Å². The van der Waals surface area contributed by atoms with Crippen LogP contribution in [-0.4, -0.2) is 16.1 Å². The SMILES string of the molecule is CC(C)NCc1cc(CN2Cc3ccccc3C2)on1. The number of hydrogen-bond acceptors (Lipinski definition) is 4. The zero-order chi connectivity index (χ0) is 13.9. The van der Waals surface area contributed by atoms with Gasteiger partial charge in [0.25, 0.3) is 0 Å². The Morgan fingerprint density at radius 3 is 2.60 bits per heavy atom. The number of fused-ring (bicyclic) bond motifs is 1. The van der Waals surface area contributed by atoms with Crippen molar-refractivity contribution in [3.8, 4) is 0 Å². The molecule has 0 saturated carbocycles. The molecule has 0 amide bonds. The van der Waals surface area contributed by atoms with Gasteiger partial charge in [-0.15, -0.1) is 0 Å². The van der Waals surface area contributed by atoms with Crippen LogP contribution in [0.5, 0.6) is 0 Å². The summed E-state index contributed by atoms with van der Waals surface area (Å²) in [4.78, 5) is 2.38. The quantitative estimate of drug-likeness (QED) is 0.908. The zero-order valence-corrected chi connectivity index (χ0v) is 12.1. The lowest BCUT2D eigenvalue weighted by Gasteiger charge is -2.11. The van der Waals surface area contributed by atoms with Crippen LogP contribution < -0.4 is 5.32 Å². The average Bonchev–Trinajstić information content (AvgIpc) is 3.02. The molecule has 0 atom stereocenters. The fraction of sp³-hybridized carbons (Fsp3) is 0.438. The van der Waals surface area contributed by atoms with Crippen molar-refractivity contribution in [2.45, 2.75) is 46.1 Å². The van der Waals surface area contributed by atoms with Gasteiger partial charge < -0.3 is 9.84 Å². The Balaban J connectivity index is 1.57. The van der Waals surface area contributed by atoms with Crippen LogP contribution in [0.3, 0.4) is 0 Å². The van der Waals surface area contributed by atoms with Gasteiger partial charge in [0.2, 0.25) is 0 Å². The van der Waals surface area contributed by atoms with Crippen LogP contribution in [0.15, 0.2) is 34.9 Å². The van der Waals surface area contributed by atoms with Crippen molar-refractivity contribution >= 4 is 0 Å². The van der Waals surface area contributed by atoms with Crippen molar-refractivity contribution < 1.29 is 4.52 Å². The first kappa shape index (κ1) is 13.3. The van der Waals surface area contributed by atoms with Gasteiger partial charge in [-0.05, 0) is 11.1 Å². The van der Waals surface area contributed by atoms with E-state index >= 15 is 0 Å². The molecule has 1 aliphatic heterocycles. The molecule has 0 bridgehead atoms. The zero-order valence-electron chi connectivity index (χ0n) is 12.1.